The number of halogens is 1. The van der Waals surface area contributed by atoms with Gasteiger partial charge in [-0.2, -0.15) is 5.10 Å². The Balaban J connectivity index is 1.33. The minimum atomic E-state index is -0.321. The van der Waals surface area contributed by atoms with Gasteiger partial charge in [-0.05, 0) is 61.9 Å². The van der Waals surface area contributed by atoms with Gasteiger partial charge in [0, 0.05) is 24.0 Å². The van der Waals surface area contributed by atoms with Crippen molar-refractivity contribution in [2.24, 2.45) is 0 Å². The zero-order chi connectivity index (χ0) is 22.7. The lowest BCUT2D eigenvalue weighted by atomic mass is 10.2. The molecule has 0 aliphatic carbocycles. The van der Waals surface area contributed by atoms with E-state index in [4.69, 9.17) is 0 Å². The number of aromatic hydroxyl groups is 1. The molecule has 0 saturated carbocycles. The smallest absolute Gasteiger partial charge is 0.261 e. The van der Waals surface area contributed by atoms with Gasteiger partial charge in [0.15, 0.2) is 0 Å². The van der Waals surface area contributed by atoms with Crippen molar-refractivity contribution < 1.29 is 19.1 Å². The largest absolute Gasteiger partial charge is 0.508 e. The lowest BCUT2D eigenvalue weighted by Crippen LogP contribution is -2.29. The van der Waals surface area contributed by atoms with Crippen LogP contribution in [0.15, 0.2) is 54.6 Å². The quantitative estimate of drug-likeness (QED) is 0.372. The molecule has 2 aromatic carbocycles. The number of phenolic OH excluding ortho intramolecular Hbond substituents is 1. The van der Waals surface area contributed by atoms with Crippen molar-refractivity contribution >= 4 is 33.4 Å². The van der Waals surface area contributed by atoms with Gasteiger partial charge in [0.2, 0.25) is 0 Å². The Morgan fingerprint density at radius 1 is 1.06 bits per heavy atom. The van der Waals surface area contributed by atoms with Gasteiger partial charge in [-0.1, -0.05) is 6.07 Å². The molecule has 0 radical (unpaired) electrons. The molecule has 32 heavy (non-hydrogen) atoms. The number of amides is 2. The molecule has 0 aliphatic rings. The number of benzene rings is 2. The fourth-order valence-corrected chi connectivity index (χ4v) is 4.34. The van der Waals surface area contributed by atoms with Crippen LogP contribution in [0.1, 0.15) is 32.1 Å². The first-order valence-electron chi connectivity index (χ1n) is 10.0. The minimum absolute atomic E-state index is 0.0334. The Morgan fingerprint density at radius 3 is 2.50 bits per heavy atom. The number of hydrogen-bond acceptors (Lipinski definition) is 5. The number of hydrogen-bond donors (Lipinski definition) is 3. The molecule has 0 fully saturated rings. The van der Waals surface area contributed by atoms with Gasteiger partial charge in [0.1, 0.15) is 16.4 Å². The van der Waals surface area contributed by atoms with E-state index in [9.17, 15) is 19.1 Å². The third kappa shape index (κ3) is 4.62. The summed E-state index contributed by atoms with van der Waals surface area (Å²) < 4.78 is 14.9. The van der Waals surface area contributed by atoms with E-state index in [1.807, 2.05) is 6.92 Å². The third-order valence-electron chi connectivity index (χ3n) is 4.87. The Labute approximate surface area is 187 Å². The first kappa shape index (κ1) is 21.5. The lowest BCUT2D eigenvalue weighted by molar-refractivity contribution is 0.0952. The highest BCUT2D eigenvalue weighted by Gasteiger charge is 2.17. The molecule has 4 aromatic rings. The van der Waals surface area contributed by atoms with Gasteiger partial charge in [-0.15, -0.1) is 11.3 Å². The average Bonchev–Trinajstić information content (AvgIpc) is 3.34. The van der Waals surface area contributed by atoms with Crippen LogP contribution >= 0.6 is 11.3 Å². The summed E-state index contributed by atoms with van der Waals surface area (Å²) in [5.74, 6) is -0.766. The fourth-order valence-electron chi connectivity index (χ4n) is 3.24. The molecular formula is C23H21FN4O3S. The second kappa shape index (κ2) is 9.19. The first-order chi connectivity index (χ1) is 15.4. The van der Waals surface area contributed by atoms with Crippen molar-refractivity contribution in [2.75, 3.05) is 13.1 Å². The predicted octanol–water partition coefficient (Wildman–Crippen LogP) is 3.79. The van der Waals surface area contributed by atoms with E-state index in [1.54, 1.807) is 35.0 Å². The van der Waals surface area contributed by atoms with E-state index in [0.717, 1.165) is 21.6 Å². The maximum atomic E-state index is 13.2. The molecule has 0 atom stereocenters. The number of rotatable bonds is 7. The third-order valence-corrected chi connectivity index (χ3v) is 5.98. The van der Waals surface area contributed by atoms with Gasteiger partial charge in [0.25, 0.3) is 11.8 Å². The number of thiophene rings is 1. The topological polar surface area (TPSA) is 96.3 Å². The Hall–Kier alpha value is -3.72. The van der Waals surface area contributed by atoms with E-state index in [-0.39, 0.29) is 23.4 Å². The van der Waals surface area contributed by atoms with Crippen LogP contribution in [0.4, 0.5) is 4.39 Å². The molecule has 0 unspecified atom stereocenters. The second-order valence-electron chi connectivity index (χ2n) is 7.22. The van der Waals surface area contributed by atoms with E-state index in [2.05, 4.69) is 15.7 Å². The Kier molecular flexibility index (Phi) is 6.18. The number of nitrogens with one attached hydrogen (secondary N) is 2. The molecule has 9 heteroatoms. The lowest BCUT2D eigenvalue weighted by Gasteiger charge is -2.06. The highest BCUT2D eigenvalue weighted by atomic mass is 32.1. The monoisotopic (exact) mass is 452 g/mol. The summed E-state index contributed by atoms with van der Waals surface area (Å²) in [4.78, 5) is 26.0. The van der Waals surface area contributed by atoms with Crippen LogP contribution in [-0.2, 0) is 0 Å². The molecule has 2 amide bonds. The number of aromatic nitrogens is 2. The second-order valence-corrected chi connectivity index (χ2v) is 8.25. The van der Waals surface area contributed by atoms with Crippen LogP contribution in [0, 0.1) is 12.7 Å². The van der Waals surface area contributed by atoms with Gasteiger partial charge >= 0.3 is 0 Å². The number of fused-ring (bicyclic) bond motifs is 1. The maximum absolute atomic E-state index is 13.2. The van der Waals surface area contributed by atoms with E-state index < -0.39 is 0 Å². The summed E-state index contributed by atoms with van der Waals surface area (Å²) >= 11 is 1.32. The number of carbonyl (C=O) groups is 2. The van der Waals surface area contributed by atoms with Crippen LogP contribution in [0.25, 0.3) is 15.9 Å². The predicted molar refractivity (Wildman–Crippen MR) is 121 cm³/mol. The average molecular weight is 453 g/mol. The van der Waals surface area contributed by atoms with Crippen LogP contribution in [0.2, 0.25) is 0 Å². The SMILES string of the molecule is Cc1nn(-c2ccc(F)cc2)c2sc(C(=O)NCCCNC(=O)c3cccc(O)c3)cc12. The first-order valence-corrected chi connectivity index (χ1v) is 10.8. The van der Waals surface area contributed by atoms with Crippen molar-refractivity contribution in [1.82, 2.24) is 20.4 Å². The molecule has 0 bridgehead atoms. The molecular weight excluding hydrogens is 431 g/mol. The molecule has 0 spiro atoms. The number of phenols is 1. The highest BCUT2D eigenvalue weighted by Crippen LogP contribution is 2.30. The van der Waals surface area contributed by atoms with Gasteiger partial charge in [-0.25, -0.2) is 9.07 Å². The van der Waals surface area contributed by atoms with Gasteiger partial charge in [-0.3, -0.25) is 9.59 Å². The molecule has 3 N–H and O–H groups in total. The van der Waals surface area contributed by atoms with Crippen molar-refractivity contribution in [3.63, 3.8) is 0 Å². The molecule has 2 heterocycles. The van der Waals surface area contributed by atoms with Crippen LogP contribution in [0.5, 0.6) is 5.75 Å². The molecule has 0 aliphatic heterocycles. The summed E-state index contributed by atoms with van der Waals surface area (Å²) in [6, 6.07) is 14.0. The van der Waals surface area contributed by atoms with E-state index in [0.29, 0.717) is 30.0 Å². The standard InChI is InChI=1S/C23H21FN4O3S/c1-14-19-13-20(32-23(19)28(27-14)17-8-6-16(24)7-9-17)22(31)26-11-3-10-25-21(30)15-4-2-5-18(29)12-15/h2,4-9,12-13,29H,3,10-11H2,1H3,(H,25,30)(H,26,31). The molecule has 2 aromatic heterocycles. The van der Waals surface area contributed by atoms with Crippen LogP contribution < -0.4 is 10.6 Å². The van der Waals surface area contributed by atoms with Gasteiger partial charge < -0.3 is 15.7 Å². The van der Waals surface area contributed by atoms with Crippen molar-refractivity contribution in [1.29, 1.82) is 0 Å². The summed E-state index contributed by atoms with van der Waals surface area (Å²) in [7, 11) is 0. The van der Waals surface area contributed by atoms with Crippen molar-refractivity contribution in [3.8, 4) is 11.4 Å². The summed E-state index contributed by atoms with van der Waals surface area (Å²) in [6.07, 6.45) is 0.559. The Morgan fingerprint density at radius 2 is 1.78 bits per heavy atom. The molecule has 7 nitrogen and oxygen atoms in total. The fraction of sp³-hybridized carbons (Fsp3) is 0.174. The zero-order valence-electron chi connectivity index (χ0n) is 17.3. The molecule has 4 rings (SSSR count). The summed E-state index contributed by atoms with van der Waals surface area (Å²) in [6.45, 7) is 2.65. The van der Waals surface area contributed by atoms with Crippen molar-refractivity contribution in [3.05, 3.63) is 76.5 Å². The van der Waals surface area contributed by atoms with E-state index >= 15 is 0 Å². The molecule has 164 valence electrons. The normalized spacial score (nSPS) is 10.9. The summed E-state index contributed by atoms with van der Waals surface area (Å²) in [5, 5.41) is 20.4. The number of aryl methyl sites for hydroxylation is 1. The van der Waals surface area contributed by atoms with E-state index in [1.165, 1.54) is 35.6 Å². The highest BCUT2D eigenvalue weighted by molar-refractivity contribution is 7.20. The zero-order valence-corrected chi connectivity index (χ0v) is 18.1. The molecule has 0 saturated heterocycles. The minimum Gasteiger partial charge on any atom is -0.508 e. The van der Waals surface area contributed by atoms with Crippen molar-refractivity contribution in [2.45, 2.75) is 13.3 Å². The van der Waals surface area contributed by atoms with Crippen LogP contribution in [0.3, 0.4) is 0 Å². The van der Waals surface area contributed by atoms with Gasteiger partial charge in [0.05, 0.1) is 16.3 Å². The van der Waals surface area contributed by atoms with Crippen LogP contribution in [-0.4, -0.2) is 39.8 Å². The number of nitrogens with zero attached hydrogens (tertiary/aromatic N) is 2. The Bertz CT molecular complexity index is 1280. The maximum Gasteiger partial charge on any atom is 0.261 e. The number of carbonyl (C=O) groups excluding carboxylic acids is 2. The summed E-state index contributed by atoms with van der Waals surface area (Å²) in [5.41, 5.74) is 1.89.